The highest BCUT2D eigenvalue weighted by Gasteiger charge is 2.07. The zero-order valence-electron chi connectivity index (χ0n) is 8.67. The summed E-state index contributed by atoms with van der Waals surface area (Å²) in [4.78, 5) is 11.1. The molecule has 1 unspecified atom stereocenters. The number of carbonyl (C=O) groups excluding carboxylic acids is 1. The minimum Gasteiger partial charge on any atom is -0.351 e. The fraction of sp³-hybridized carbons (Fsp3) is 0.300. The molecular formula is C10H13ClF2N2O. The Kier molecular flexibility index (Phi) is 5.92. The van der Waals surface area contributed by atoms with Crippen molar-refractivity contribution >= 4 is 18.3 Å². The molecule has 3 nitrogen and oxygen atoms in total. The van der Waals surface area contributed by atoms with Crippen molar-refractivity contribution in [3.63, 3.8) is 0 Å². The van der Waals surface area contributed by atoms with E-state index >= 15 is 0 Å². The molecule has 1 aromatic carbocycles. The van der Waals surface area contributed by atoms with Crippen molar-refractivity contribution in [2.45, 2.75) is 19.5 Å². The third-order valence-electron chi connectivity index (χ3n) is 1.80. The number of hydrogen-bond acceptors (Lipinski definition) is 2. The molecule has 1 amide bonds. The molecule has 3 N–H and O–H groups in total. The molecule has 90 valence electrons. The Labute approximate surface area is 98.4 Å². The maximum Gasteiger partial charge on any atom is 0.236 e. The molecule has 0 spiro atoms. The summed E-state index contributed by atoms with van der Waals surface area (Å²) in [6.45, 7) is 1.59. The number of rotatable bonds is 3. The van der Waals surface area contributed by atoms with Crippen molar-refractivity contribution in [2.75, 3.05) is 0 Å². The van der Waals surface area contributed by atoms with Crippen LogP contribution in [0.2, 0.25) is 0 Å². The predicted octanol–water partition coefficient (Wildman–Crippen LogP) is 1.35. The third kappa shape index (κ3) is 4.55. The van der Waals surface area contributed by atoms with Gasteiger partial charge in [-0.1, -0.05) is 0 Å². The number of carbonyl (C=O) groups is 1. The average Bonchev–Trinajstić information content (AvgIpc) is 2.12. The average molecular weight is 251 g/mol. The van der Waals surface area contributed by atoms with E-state index in [2.05, 4.69) is 5.32 Å². The van der Waals surface area contributed by atoms with Crippen molar-refractivity contribution in [3.05, 3.63) is 35.4 Å². The van der Waals surface area contributed by atoms with Crippen LogP contribution in [0.5, 0.6) is 0 Å². The molecule has 0 heterocycles. The Bertz CT molecular complexity index is 352. The molecule has 1 atom stereocenters. The second kappa shape index (κ2) is 6.40. The van der Waals surface area contributed by atoms with Gasteiger partial charge in [0.25, 0.3) is 0 Å². The quantitative estimate of drug-likeness (QED) is 0.851. The molecule has 0 aliphatic carbocycles. The zero-order chi connectivity index (χ0) is 11.4. The second-order valence-electron chi connectivity index (χ2n) is 3.28. The Balaban J connectivity index is 0.00000225. The maximum atomic E-state index is 12.7. The van der Waals surface area contributed by atoms with Crippen molar-refractivity contribution in [2.24, 2.45) is 5.73 Å². The molecule has 0 radical (unpaired) electrons. The highest BCUT2D eigenvalue weighted by Crippen LogP contribution is 2.07. The number of halogens is 3. The van der Waals surface area contributed by atoms with E-state index in [9.17, 15) is 13.6 Å². The van der Waals surface area contributed by atoms with Gasteiger partial charge in [-0.3, -0.25) is 4.79 Å². The molecular weight excluding hydrogens is 238 g/mol. The fourth-order valence-electron chi connectivity index (χ4n) is 1.06. The number of hydrogen-bond donors (Lipinski definition) is 2. The largest absolute Gasteiger partial charge is 0.351 e. The molecule has 1 rings (SSSR count). The van der Waals surface area contributed by atoms with Gasteiger partial charge in [-0.25, -0.2) is 8.78 Å². The van der Waals surface area contributed by atoms with Crippen LogP contribution in [0.1, 0.15) is 12.5 Å². The van der Waals surface area contributed by atoms with Gasteiger partial charge in [-0.2, -0.15) is 0 Å². The normalized spacial score (nSPS) is 11.5. The molecule has 0 aliphatic heterocycles. The maximum absolute atomic E-state index is 12.7. The van der Waals surface area contributed by atoms with E-state index in [1.165, 1.54) is 6.92 Å². The minimum absolute atomic E-state index is 0. The van der Waals surface area contributed by atoms with Crippen LogP contribution in [0.25, 0.3) is 0 Å². The fourth-order valence-corrected chi connectivity index (χ4v) is 1.06. The summed E-state index contributed by atoms with van der Waals surface area (Å²) in [5.74, 6) is -1.69. The lowest BCUT2D eigenvalue weighted by molar-refractivity contribution is -0.122. The number of nitrogens with two attached hydrogens (primary N) is 1. The van der Waals surface area contributed by atoms with Crippen LogP contribution in [0.15, 0.2) is 18.2 Å². The van der Waals surface area contributed by atoms with Gasteiger partial charge in [0, 0.05) is 12.6 Å². The van der Waals surface area contributed by atoms with E-state index < -0.39 is 17.7 Å². The Morgan fingerprint density at radius 2 is 1.88 bits per heavy atom. The molecule has 0 saturated heterocycles. The number of benzene rings is 1. The van der Waals surface area contributed by atoms with Crippen molar-refractivity contribution in [3.8, 4) is 0 Å². The smallest absolute Gasteiger partial charge is 0.236 e. The Morgan fingerprint density at radius 3 is 2.31 bits per heavy atom. The van der Waals surface area contributed by atoms with Crippen LogP contribution in [-0.2, 0) is 11.3 Å². The molecule has 0 fully saturated rings. The van der Waals surface area contributed by atoms with Crippen molar-refractivity contribution in [1.82, 2.24) is 5.32 Å². The van der Waals surface area contributed by atoms with Gasteiger partial charge in [-0.15, -0.1) is 12.4 Å². The molecule has 16 heavy (non-hydrogen) atoms. The van der Waals surface area contributed by atoms with Gasteiger partial charge in [0.2, 0.25) is 5.91 Å². The summed E-state index contributed by atoms with van der Waals surface area (Å²) in [7, 11) is 0. The van der Waals surface area contributed by atoms with Gasteiger partial charge in [0.15, 0.2) is 0 Å². The number of nitrogens with one attached hydrogen (secondary N) is 1. The zero-order valence-corrected chi connectivity index (χ0v) is 9.48. The lowest BCUT2D eigenvalue weighted by Crippen LogP contribution is -2.37. The van der Waals surface area contributed by atoms with Gasteiger partial charge in [0.1, 0.15) is 11.6 Å². The van der Waals surface area contributed by atoms with E-state index in [0.717, 1.165) is 18.2 Å². The standard InChI is InChI=1S/C10H12F2N2O.ClH/c1-6(13)10(15)14-5-7-2-8(11)4-9(12)3-7;/h2-4,6H,5,13H2,1H3,(H,14,15);1H. The van der Waals surface area contributed by atoms with Gasteiger partial charge >= 0.3 is 0 Å². The summed E-state index contributed by atoms with van der Waals surface area (Å²) in [5.41, 5.74) is 5.66. The summed E-state index contributed by atoms with van der Waals surface area (Å²) in [5, 5.41) is 2.46. The molecule has 0 aliphatic rings. The summed E-state index contributed by atoms with van der Waals surface area (Å²) >= 11 is 0. The SMILES string of the molecule is CC(N)C(=O)NCc1cc(F)cc(F)c1.Cl. The first-order valence-corrected chi connectivity index (χ1v) is 4.47. The first-order chi connectivity index (χ1) is 6.99. The summed E-state index contributed by atoms with van der Waals surface area (Å²) < 4.78 is 25.5. The van der Waals surface area contributed by atoms with Crippen LogP contribution < -0.4 is 11.1 Å². The first-order valence-electron chi connectivity index (χ1n) is 4.47. The van der Waals surface area contributed by atoms with Crippen LogP contribution in [-0.4, -0.2) is 11.9 Å². The molecule has 0 aromatic heterocycles. The monoisotopic (exact) mass is 250 g/mol. The molecule has 6 heteroatoms. The van der Waals surface area contributed by atoms with Gasteiger partial charge in [-0.05, 0) is 24.6 Å². The second-order valence-corrected chi connectivity index (χ2v) is 3.28. The summed E-state index contributed by atoms with van der Waals surface area (Å²) in [6, 6.07) is 2.45. The molecule has 0 bridgehead atoms. The first kappa shape index (κ1) is 14.8. The van der Waals surface area contributed by atoms with E-state index in [1.807, 2.05) is 0 Å². The van der Waals surface area contributed by atoms with Gasteiger partial charge in [0.05, 0.1) is 6.04 Å². The highest BCUT2D eigenvalue weighted by molar-refractivity contribution is 5.85. The van der Waals surface area contributed by atoms with Crippen LogP contribution in [0.3, 0.4) is 0 Å². The number of amides is 1. The van der Waals surface area contributed by atoms with Crippen molar-refractivity contribution < 1.29 is 13.6 Å². The van der Waals surface area contributed by atoms with Crippen molar-refractivity contribution in [1.29, 1.82) is 0 Å². The van der Waals surface area contributed by atoms with Crippen LogP contribution >= 0.6 is 12.4 Å². The van der Waals surface area contributed by atoms with E-state index in [1.54, 1.807) is 0 Å². The van der Waals surface area contributed by atoms with E-state index in [0.29, 0.717) is 5.56 Å². The Morgan fingerprint density at radius 1 is 1.38 bits per heavy atom. The Hall–Kier alpha value is -1.20. The van der Waals surface area contributed by atoms with Crippen LogP contribution in [0.4, 0.5) is 8.78 Å². The lowest BCUT2D eigenvalue weighted by Gasteiger charge is -2.07. The predicted molar refractivity (Wildman–Crippen MR) is 59.1 cm³/mol. The lowest BCUT2D eigenvalue weighted by atomic mass is 10.2. The third-order valence-corrected chi connectivity index (χ3v) is 1.80. The molecule has 1 aromatic rings. The van der Waals surface area contributed by atoms with E-state index in [4.69, 9.17) is 5.73 Å². The molecule has 0 saturated carbocycles. The summed E-state index contributed by atoms with van der Waals surface area (Å²) in [6.07, 6.45) is 0. The van der Waals surface area contributed by atoms with E-state index in [-0.39, 0.29) is 24.9 Å². The minimum atomic E-state index is -0.667. The topological polar surface area (TPSA) is 55.1 Å². The van der Waals surface area contributed by atoms with Crippen LogP contribution in [0, 0.1) is 11.6 Å². The van der Waals surface area contributed by atoms with Gasteiger partial charge < -0.3 is 11.1 Å². The highest BCUT2D eigenvalue weighted by atomic mass is 35.5.